The van der Waals surface area contributed by atoms with E-state index in [0.717, 1.165) is 57.6 Å². The minimum atomic E-state index is -0.0560. The van der Waals surface area contributed by atoms with E-state index in [9.17, 15) is 4.79 Å². The third kappa shape index (κ3) is 2.52. The number of carbonyl (C=O) groups excluding carboxylic acids is 1. The maximum atomic E-state index is 12.9. The zero-order valence-corrected chi connectivity index (χ0v) is 15.2. The number of aromatic nitrogens is 1. The number of pyridine rings is 1. The van der Waals surface area contributed by atoms with Gasteiger partial charge in [-0.3, -0.25) is 9.78 Å². The van der Waals surface area contributed by atoms with Crippen molar-refractivity contribution >= 4 is 22.4 Å². The molecule has 1 aliphatic carbocycles. The quantitative estimate of drug-likeness (QED) is 0.716. The molecule has 2 aliphatic rings. The number of anilines is 1. The van der Waals surface area contributed by atoms with Crippen molar-refractivity contribution in [1.82, 2.24) is 4.98 Å². The van der Waals surface area contributed by atoms with E-state index in [1.807, 2.05) is 30.5 Å². The molecule has 27 heavy (non-hydrogen) atoms. The molecule has 0 fully saturated rings. The highest BCUT2D eigenvalue weighted by Gasteiger charge is 2.35. The van der Waals surface area contributed by atoms with Gasteiger partial charge in [0.15, 0.2) is 5.78 Å². The molecule has 1 unspecified atom stereocenters. The lowest BCUT2D eigenvalue weighted by Crippen LogP contribution is -2.27. The first-order chi connectivity index (χ1) is 13.3. The van der Waals surface area contributed by atoms with Crippen molar-refractivity contribution in [2.45, 2.75) is 25.2 Å². The van der Waals surface area contributed by atoms with Crippen LogP contribution in [-0.4, -0.2) is 17.9 Å². The Morgan fingerprint density at radius 2 is 1.93 bits per heavy atom. The Bertz CT molecular complexity index is 1080. The van der Waals surface area contributed by atoms with E-state index < -0.39 is 0 Å². The van der Waals surface area contributed by atoms with Crippen molar-refractivity contribution < 1.29 is 9.53 Å². The van der Waals surface area contributed by atoms with Crippen LogP contribution in [0.4, 0.5) is 5.69 Å². The Balaban J connectivity index is 1.76. The van der Waals surface area contributed by atoms with E-state index in [0.29, 0.717) is 6.42 Å². The highest BCUT2D eigenvalue weighted by Crippen LogP contribution is 2.47. The number of ketones is 1. The molecule has 134 valence electrons. The topological polar surface area (TPSA) is 51.2 Å². The molecule has 2 aromatic carbocycles. The summed E-state index contributed by atoms with van der Waals surface area (Å²) >= 11 is 0. The number of benzene rings is 2. The fourth-order valence-electron chi connectivity index (χ4n) is 4.33. The van der Waals surface area contributed by atoms with Gasteiger partial charge in [-0.2, -0.15) is 0 Å². The van der Waals surface area contributed by atoms with Crippen LogP contribution in [-0.2, 0) is 4.79 Å². The number of rotatable bonds is 2. The van der Waals surface area contributed by atoms with Gasteiger partial charge in [0, 0.05) is 35.2 Å². The molecule has 1 atom stereocenters. The van der Waals surface area contributed by atoms with Crippen molar-refractivity contribution in [2.24, 2.45) is 0 Å². The molecule has 0 bridgehead atoms. The summed E-state index contributed by atoms with van der Waals surface area (Å²) in [5.74, 6) is 1.01. The van der Waals surface area contributed by atoms with Gasteiger partial charge in [-0.05, 0) is 54.3 Å². The van der Waals surface area contributed by atoms with E-state index in [4.69, 9.17) is 4.74 Å². The Hall–Kier alpha value is -3.14. The van der Waals surface area contributed by atoms with Crippen LogP contribution in [0, 0.1) is 0 Å². The van der Waals surface area contributed by atoms with Gasteiger partial charge < -0.3 is 10.1 Å². The first-order valence-electron chi connectivity index (χ1n) is 9.31. The highest BCUT2D eigenvalue weighted by atomic mass is 16.5. The van der Waals surface area contributed by atoms with E-state index in [2.05, 4.69) is 34.6 Å². The molecule has 4 nitrogen and oxygen atoms in total. The summed E-state index contributed by atoms with van der Waals surface area (Å²) in [6.45, 7) is 0. The third-order valence-electron chi connectivity index (χ3n) is 5.60. The van der Waals surface area contributed by atoms with Gasteiger partial charge in [0.1, 0.15) is 5.75 Å². The normalized spacial score (nSPS) is 18.7. The number of hydrogen-bond donors (Lipinski definition) is 1. The summed E-state index contributed by atoms with van der Waals surface area (Å²) in [6, 6.07) is 16.3. The second kappa shape index (κ2) is 6.23. The Morgan fingerprint density at radius 3 is 2.74 bits per heavy atom. The number of hydrogen-bond acceptors (Lipinski definition) is 4. The number of Topliss-reactive ketones (excluding diaryl/α,β-unsaturated/α-hetero) is 1. The first kappa shape index (κ1) is 16.1. The largest absolute Gasteiger partial charge is 0.497 e. The third-order valence-corrected chi connectivity index (χ3v) is 5.60. The molecule has 4 heteroatoms. The lowest BCUT2D eigenvalue weighted by atomic mass is 9.75. The fraction of sp³-hybridized carbons (Fsp3) is 0.217. The second-order valence-electron chi connectivity index (χ2n) is 7.10. The monoisotopic (exact) mass is 356 g/mol. The Morgan fingerprint density at radius 1 is 1.07 bits per heavy atom. The number of allylic oxidation sites excluding steroid dienone is 2. The predicted molar refractivity (Wildman–Crippen MR) is 106 cm³/mol. The van der Waals surface area contributed by atoms with Crippen LogP contribution in [0.25, 0.3) is 10.9 Å². The summed E-state index contributed by atoms with van der Waals surface area (Å²) in [5.41, 5.74) is 6.27. The van der Waals surface area contributed by atoms with Crippen LogP contribution in [0.3, 0.4) is 0 Å². The van der Waals surface area contributed by atoms with Gasteiger partial charge in [-0.25, -0.2) is 0 Å². The van der Waals surface area contributed by atoms with E-state index in [1.54, 1.807) is 7.11 Å². The number of ether oxygens (including phenoxy) is 1. The number of carbonyl (C=O) groups is 1. The highest BCUT2D eigenvalue weighted by molar-refractivity contribution is 6.04. The summed E-state index contributed by atoms with van der Waals surface area (Å²) < 4.78 is 5.31. The molecular formula is C23H20N2O2. The van der Waals surface area contributed by atoms with Crippen LogP contribution in [0.15, 0.2) is 66.0 Å². The number of methoxy groups -OCH3 is 1. The Labute approximate surface area is 157 Å². The van der Waals surface area contributed by atoms with Gasteiger partial charge in [0.25, 0.3) is 0 Å². The lowest BCUT2D eigenvalue weighted by Gasteiger charge is -2.34. The average molecular weight is 356 g/mol. The van der Waals surface area contributed by atoms with Crippen LogP contribution < -0.4 is 10.1 Å². The minimum absolute atomic E-state index is 0.0560. The van der Waals surface area contributed by atoms with Gasteiger partial charge >= 0.3 is 0 Å². The van der Waals surface area contributed by atoms with Gasteiger partial charge in [-0.15, -0.1) is 0 Å². The van der Waals surface area contributed by atoms with Gasteiger partial charge in [0.2, 0.25) is 0 Å². The van der Waals surface area contributed by atoms with Gasteiger partial charge in [-0.1, -0.05) is 18.2 Å². The molecular weight excluding hydrogens is 336 g/mol. The minimum Gasteiger partial charge on any atom is -0.497 e. The molecule has 0 spiro atoms. The molecule has 0 radical (unpaired) electrons. The predicted octanol–water partition coefficient (Wildman–Crippen LogP) is 4.81. The van der Waals surface area contributed by atoms with Gasteiger partial charge in [0.05, 0.1) is 18.3 Å². The molecule has 1 aromatic heterocycles. The first-order valence-corrected chi connectivity index (χ1v) is 9.31. The van der Waals surface area contributed by atoms with Crippen LogP contribution in [0.1, 0.15) is 36.3 Å². The van der Waals surface area contributed by atoms with E-state index in [1.165, 1.54) is 0 Å². The summed E-state index contributed by atoms with van der Waals surface area (Å²) in [5, 5.41) is 4.68. The van der Waals surface area contributed by atoms with Crippen LogP contribution in [0.5, 0.6) is 5.75 Å². The zero-order chi connectivity index (χ0) is 18.4. The molecule has 0 saturated carbocycles. The molecule has 1 aliphatic heterocycles. The van der Waals surface area contributed by atoms with E-state index >= 15 is 0 Å². The Kier molecular flexibility index (Phi) is 3.71. The fourth-order valence-corrected chi connectivity index (χ4v) is 4.33. The van der Waals surface area contributed by atoms with Crippen LogP contribution >= 0.6 is 0 Å². The van der Waals surface area contributed by atoms with Crippen LogP contribution in [0.2, 0.25) is 0 Å². The molecule has 0 saturated heterocycles. The number of nitrogens with one attached hydrogen (secondary N) is 1. The molecule has 2 heterocycles. The summed E-state index contributed by atoms with van der Waals surface area (Å²) in [7, 11) is 1.67. The van der Waals surface area contributed by atoms with Crippen molar-refractivity contribution in [3.8, 4) is 5.75 Å². The van der Waals surface area contributed by atoms with Crippen molar-refractivity contribution in [2.75, 3.05) is 12.4 Å². The molecule has 0 amide bonds. The van der Waals surface area contributed by atoms with Crippen molar-refractivity contribution in [3.05, 3.63) is 77.1 Å². The number of nitrogens with zero attached hydrogens (tertiary/aromatic N) is 1. The maximum absolute atomic E-state index is 12.9. The SMILES string of the molecule is COc1ccc(C2C3=C(CCCC3=O)Nc3c2ccc2ncccc32)cc1. The molecule has 5 rings (SSSR count). The molecule has 3 aromatic rings. The van der Waals surface area contributed by atoms with Crippen molar-refractivity contribution in [1.29, 1.82) is 0 Å². The number of fused-ring (bicyclic) bond motifs is 3. The smallest absolute Gasteiger partial charge is 0.161 e. The zero-order valence-electron chi connectivity index (χ0n) is 15.2. The van der Waals surface area contributed by atoms with Crippen molar-refractivity contribution in [3.63, 3.8) is 0 Å². The molecule has 1 N–H and O–H groups in total. The summed E-state index contributed by atoms with van der Waals surface area (Å²) in [4.78, 5) is 17.4. The second-order valence-corrected chi connectivity index (χ2v) is 7.10. The maximum Gasteiger partial charge on any atom is 0.161 e. The average Bonchev–Trinajstić information content (AvgIpc) is 2.72. The van der Waals surface area contributed by atoms with E-state index in [-0.39, 0.29) is 11.7 Å². The standard InChI is InChI=1S/C23H20N2O2/c1-27-15-9-7-14(8-10-15)21-17-11-12-18-16(4-3-13-24-18)23(17)25-19-5-2-6-20(26)22(19)21/h3-4,7-13,21,25H,2,5-6H2,1H3. The summed E-state index contributed by atoms with van der Waals surface area (Å²) in [6.07, 6.45) is 4.24. The lowest BCUT2D eigenvalue weighted by molar-refractivity contribution is -0.116.